The van der Waals surface area contributed by atoms with Crippen LogP contribution in [0.4, 0.5) is 0 Å². The van der Waals surface area contributed by atoms with Crippen molar-refractivity contribution in [1.29, 1.82) is 0 Å². The van der Waals surface area contributed by atoms with Crippen molar-refractivity contribution in [3.63, 3.8) is 0 Å². The van der Waals surface area contributed by atoms with Crippen molar-refractivity contribution in [2.75, 3.05) is 19.8 Å². The summed E-state index contributed by atoms with van der Waals surface area (Å²) < 4.78 is 5.43. The number of aliphatic hydroxyl groups is 1. The molecule has 0 aliphatic carbocycles. The van der Waals surface area contributed by atoms with Crippen molar-refractivity contribution in [2.24, 2.45) is 5.92 Å². The topological polar surface area (TPSA) is 41.5 Å². The van der Waals surface area contributed by atoms with E-state index < -0.39 is 0 Å². The molecule has 0 saturated heterocycles. The van der Waals surface area contributed by atoms with Gasteiger partial charge in [-0.1, -0.05) is 13.8 Å². The van der Waals surface area contributed by atoms with E-state index in [-0.39, 0.29) is 6.61 Å². The maximum Gasteiger partial charge on any atom is 0.0594 e. The van der Waals surface area contributed by atoms with Gasteiger partial charge in [-0.25, -0.2) is 0 Å². The molecule has 0 heterocycles. The van der Waals surface area contributed by atoms with Crippen LogP contribution >= 0.6 is 0 Å². The molecule has 1 atom stereocenters. The van der Waals surface area contributed by atoms with Gasteiger partial charge >= 0.3 is 0 Å². The molecule has 0 fully saturated rings. The zero-order valence-corrected chi connectivity index (χ0v) is 9.92. The van der Waals surface area contributed by atoms with Crippen molar-refractivity contribution in [2.45, 2.75) is 46.3 Å². The standard InChI is InChI=1S/C11H25NO2/c1-9(2)11(5-7-13)12-6-8-14-10(3)4/h9-13H,5-8H2,1-4H3. The molecule has 86 valence electrons. The first kappa shape index (κ1) is 13.9. The average molecular weight is 203 g/mol. The van der Waals surface area contributed by atoms with Crippen molar-refractivity contribution < 1.29 is 9.84 Å². The predicted molar refractivity (Wildman–Crippen MR) is 59.4 cm³/mol. The van der Waals surface area contributed by atoms with E-state index in [0.717, 1.165) is 19.6 Å². The van der Waals surface area contributed by atoms with E-state index >= 15 is 0 Å². The summed E-state index contributed by atoms with van der Waals surface area (Å²) in [4.78, 5) is 0. The maximum absolute atomic E-state index is 8.86. The Labute approximate surface area is 87.8 Å². The van der Waals surface area contributed by atoms with Gasteiger partial charge in [0.1, 0.15) is 0 Å². The van der Waals surface area contributed by atoms with Gasteiger partial charge in [0.2, 0.25) is 0 Å². The second-order valence-corrected chi connectivity index (χ2v) is 4.24. The maximum atomic E-state index is 8.86. The highest BCUT2D eigenvalue weighted by Gasteiger charge is 2.11. The third-order valence-electron chi connectivity index (χ3n) is 2.20. The summed E-state index contributed by atoms with van der Waals surface area (Å²) in [7, 11) is 0. The van der Waals surface area contributed by atoms with Crippen LogP contribution in [0.2, 0.25) is 0 Å². The van der Waals surface area contributed by atoms with Gasteiger partial charge in [-0.15, -0.1) is 0 Å². The Morgan fingerprint density at radius 1 is 1.21 bits per heavy atom. The highest BCUT2D eigenvalue weighted by molar-refractivity contribution is 4.69. The molecule has 0 aromatic carbocycles. The molecule has 1 unspecified atom stereocenters. The molecule has 2 N–H and O–H groups in total. The number of aliphatic hydroxyl groups excluding tert-OH is 1. The lowest BCUT2D eigenvalue weighted by molar-refractivity contribution is 0.0775. The van der Waals surface area contributed by atoms with Crippen LogP contribution in [-0.4, -0.2) is 37.0 Å². The van der Waals surface area contributed by atoms with Crippen LogP contribution in [0.25, 0.3) is 0 Å². The highest BCUT2D eigenvalue weighted by Crippen LogP contribution is 2.04. The fourth-order valence-corrected chi connectivity index (χ4v) is 1.35. The Balaban J connectivity index is 3.50. The molecule has 0 aliphatic rings. The van der Waals surface area contributed by atoms with Crippen LogP contribution in [0.15, 0.2) is 0 Å². The smallest absolute Gasteiger partial charge is 0.0594 e. The van der Waals surface area contributed by atoms with Gasteiger partial charge in [-0.2, -0.15) is 0 Å². The normalized spacial score (nSPS) is 13.9. The Bertz CT molecular complexity index is 126. The largest absolute Gasteiger partial charge is 0.396 e. The molecular weight excluding hydrogens is 178 g/mol. The van der Waals surface area contributed by atoms with Gasteiger partial charge in [0.15, 0.2) is 0 Å². The number of nitrogens with one attached hydrogen (secondary N) is 1. The van der Waals surface area contributed by atoms with Gasteiger partial charge in [0.05, 0.1) is 12.7 Å². The lowest BCUT2D eigenvalue weighted by Crippen LogP contribution is -2.37. The minimum Gasteiger partial charge on any atom is -0.396 e. The van der Waals surface area contributed by atoms with E-state index in [4.69, 9.17) is 9.84 Å². The number of hydrogen-bond donors (Lipinski definition) is 2. The Morgan fingerprint density at radius 3 is 2.29 bits per heavy atom. The first-order valence-electron chi connectivity index (χ1n) is 5.53. The average Bonchev–Trinajstić information content (AvgIpc) is 2.09. The summed E-state index contributed by atoms with van der Waals surface area (Å²) >= 11 is 0. The monoisotopic (exact) mass is 203 g/mol. The van der Waals surface area contributed by atoms with Gasteiger partial charge in [-0.3, -0.25) is 0 Å². The van der Waals surface area contributed by atoms with E-state index in [0.29, 0.717) is 18.1 Å². The first-order valence-corrected chi connectivity index (χ1v) is 5.53. The van der Waals surface area contributed by atoms with E-state index in [1.165, 1.54) is 0 Å². The van der Waals surface area contributed by atoms with Crippen LogP contribution in [0, 0.1) is 5.92 Å². The minimum atomic E-state index is 0.251. The molecule has 3 heteroatoms. The predicted octanol–water partition coefficient (Wildman–Crippen LogP) is 1.41. The van der Waals surface area contributed by atoms with Gasteiger partial charge in [-0.05, 0) is 26.2 Å². The van der Waals surface area contributed by atoms with E-state index in [9.17, 15) is 0 Å². The molecule has 0 saturated carbocycles. The molecule has 0 spiro atoms. The molecule has 0 amide bonds. The Kier molecular flexibility index (Phi) is 8.14. The zero-order chi connectivity index (χ0) is 11.0. The van der Waals surface area contributed by atoms with Crippen LogP contribution in [0.3, 0.4) is 0 Å². The second-order valence-electron chi connectivity index (χ2n) is 4.24. The van der Waals surface area contributed by atoms with Crippen LogP contribution in [0.5, 0.6) is 0 Å². The molecule has 0 aliphatic heterocycles. The Hall–Kier alpha value is -0.120. The highest BCUT2D eigenvalue weighted by atomic mass is 16.5. The van der Waals surface area contributed by atoms with E-state index in [1.807, 2.05) is 13.8 Å². The summed E-state index contributed by atoms with van der Waals surface area (Å²) in [5, 5.41) is 12.2. The molecule has 0 aromatic heterocycles. The molecule has 0 aromatic rings. The van der Waals surface area contributed by atoms with Crippen LogP contribution in [-0.2, 0) is 4.74 Å². The second kappa shape index (κ2) is 8.21. The van der Waals surface area contributed by atoms with Crippen LogP contribution < -0.4 is 5.32 Å². The molecular formula is C11H25NO2. The minimum absolute atomic E-state index is 0.251. The lowest BCUT2D eigenvalue weighted by atomic mass is 10.0. The summed E-state index contributed by atoms with van der Waals surface area (Å²) in [6, 6.07) is 0.399. The number of ether oxygens (including phenoxy) is 1. The zero-order valence-electron chi connectivity index (χ0n) is 9.92. The van der Waals surface area contributed by atoms with E-state index in [2.05, 4.69) is 19.2 Å². The van der Waals surface area contributed by atoms with Gasteiger partial charge < -0.3 is 15.2 Å². The van der Waals surface area contributed by atoms with Gasteiger partial charge in [0, 0.05) is 19.2 Å². The summed E-state index contributed by atoms with van der Waals surface area (Å²) in [6.07, 6.45) is 1.12. The lowest BCUT2D eigenvalue weighted by Gasteiger charge is -2.21. The number of rotatable bonds is 8. The SMILES string of the molecule is CC(C)OCCNC(CCO)C(C)C. The number of hydrogen-bond acceptors (Lipinski definition) is 3. The third-order valence-corrected chi connectivity index (χ3v) is 2.20. The van der Waals surface area contributed by atoms with Crippen molar-refractivity contribution in [1.82, 2.24) is 5.32 Å². The summed E-state index contributed by atoms with van der Waals surface area (Å²) in [5.74, 6) is 0.557. The molecule has 3 nitrogen and oxygen atoms in total. The fourth-order valence-electron chi connectivity index (χ4n) is 1.35. The van der Waals surface area contributed by atoms with Crippen molar-refractivity contribution >= 4 is 0 Å². The van der Waals surface area contributed by atoms with Crippen molar-refractivity contribution in [3.8, 4) is 0 Å². The third kappa shape index (κ3) is 7.30. The van der Waals surface area contributed by atoms with Gasteiger partial charge in [0.25, 0.3) is 0 Å². The fraction of sp³-hybridized carbons (Fsp3) is 1.00. The van der Waals surface area contributed by atoms with Crippen LogP contribution in [0.1, 0.15) is 34.1 Å². The molecule has 0 rings (SSSR count). The Morgan fingerprint density at radius 2 is 1.86 bits per heavy atom. The molecule has 0 radical (unpaired) electrons. The summed E-state index contributed by atoms with van der Waals surface area (Å²) in [5.41, 5.74) is 0. The molecule has 0 bridgehead atoms. The first-order chi connectivity index (χ1) is 6.57. The summed E-state index contributed by atoms with van der Waals surface area (Å²) in [6.45, 7) is 10.3. The molecule has 14 heavy (non-hydrogen) atoms. The quantitative estimate of drug-likeness (QED) is 0.586. The van der Waals surface area contributed by atoms with E-state index in [1.54, 1.807) is 0 Å². The van der Waals surface area contributed by atoms with Crippen molar-refractivity contribution in [3.05, 3.63) is 0 Å².